The molecule has 0 bridgehead atoms. The van der Waals surface area contributed by atoms with Gasteiger partial charge in [-0.3, -0.25) is 4.79 Å². The summed E-state index contributed by atoms with van der Waals surface area (Å²) in [7, 11) is 3.02. The number of aromatic nitrogens is 2. The predicted octanol–water partition coefficient (Wildman–Crippen LogP) is 3.17. The van der Waals surface area contributed by atoms with Crippen molar-refractivity contribution in [2.24, 2.45) is 0 Å². The summed E-state index contributed by atoms with van der Waals surface area (Å²) >= 11 is 12.0. The molecule has 1 amide bonds. The third-order valence-corrected chi connectivity index (χ3v) is 4.43. The molecule has 0 aromatic carbocycles. The topological polar surface area (TPSA) is 87.4 Å². The number of rotatable bonds is 5. The smallest absolute Gasteiger partial charge is 0.278 e. The van der Waals surface area contributed by atoms with Gasteiger partial charge in [0.25, 0.3) is 5.91 Å². The first-order chi connectivity index (χ1) is 12.0. The second kappa shape index (κ2) is 6.93. The van der Waals surface area contributed by atoms with Gasteiger partial charge in [0.05, 0.1) is 26.1 Å². The van der Waals surface area contributed by atoms with Crippen molar-refractivity contribution in [3.05, 3.63) is 45.1 Å². The summed E-state index contributed by atoms with van der Waals surface area (Å²) < 4.78 is 11.2. The first-order valence-corrected chi connectivity index (χ1v) is 8.21. The molecule has 1 saturated carbocycles. The molecule has 0 spiro atoms. The molecule has 9 heteroatoms. The number of nitrogens with one attached hydrogen (secondary N) is 1. The number of nitrogens with zero attached hydrogens (tertiary/aromatic N) is 2. The van der Waals surface area contributed by atoms with E-state index < -0.39 is 5.91 Å². The molecule has 7 nitrogen and oxygen atoms in total. The third-order valence-electron chi connectivity index (χ3n) is 3.86. The number of halogens is 2. The number of anilines is 1. The van der Waals surface area contributed by atoms with Crippen molar-refractivity contribution >= 4 is 34.8 Å². The van der Waals surface area contributed by atoms with Crippen molar-refractivity contribution in [2.75, 3.05) is 19.5 Å². The third kappa shape index (κ3) is 3.43. The lowest BCUT2D eigenvalue weighted by Crippen LogP contribution is -2.26. The van der Waals surface area contributed by atoms with Crippen LogP contribution in [-0.4, -0.2) is 25.1 Å². The summed E-state index contributed by atoms with van der Waals surface area (Å²) in [5, 5.41) is 13.9. The second-order valence-corrected chi connectivity index (χ2v) is 6.35. The molecule has 1 fully saturated rings. The Labute approximate surface area is 154 Å². The van der Waals surface area contributed by atoms with E-state index in [0.29, 0.717) is 16.2 Å². The molecule has 0 atom stereocenters. The van der Waals surface area contributed by atoms with Crippen molar-refractivity contribution in [2.45, 2.75) is 18.8 Å². The fourth-order valence-corrected chi connectivity index (χ4v) is 3.12. The van der Waals surface area contributed by atoms with Gasteiger partial charge in [-0.2, -0.15) is 4.73 Å². The monoisotopic (exact) mass is 383 g/mol. The molecule has 0 aliphatic heterocycles. The summed E-state index contributed by atoms with van der Waals surface area (Å²) in [6, 6.07) is 0. The molecular formula is C16H15Cl2N3O4. The van der Waals surface area contributed by atoms with Crippen LogP contribution in [0.5, 0.6) is 11.5 Å². The Morgan fingerprint density at radius 2 is 1.92 bits per heavy atom. The predicted molar refractivity (Wildman–Crippen MR) is 92.7 cm³/mol. The quantitative estimate of drug-likeness (QED) is 0.632. The maximum Gasteiger partial charge on any atom is 0.278 e. The Bertz CT molecular complexity index is 817. The van der Waals surface area contributed by atoms with Crippen LogP contribution in [0, 0.1) is 5.21 Å². The van der Waals surface area contributed by atoms with Crippen LogP contribution in [-0.2, 0) is 0 Å². The zero-order valence-corrected chi connectivity index (χ0v) is 15.0. The van der Waals surface area contributed by atoms with Crippen molar-refractivity contribution in [1.29, 1.82) is 0 Å². The molecule has 3 rings (SSSR count). The fraction of sp³-hybridized carbons (Fsp3) is 0.312. The Morgan fingerprint density at radius 1 is 1.28 bits per heavy atom. The van der Waals surface area contributed by atoms with Crippen LogP contribution >= 0.6 is 23.2 Å². The van der Waals surface area contributed by atoms with E-state index in [9.17, 15) is 10.0 Å². The van der Waals surface area contributed by atoms with E-state index in [1.54, 1.807) is 7.11 Å². The van der Waals surface area contributed by atoms with Gasteiger partial charge in [0, 0.05) is 5.56 Å². The van der Waals surface area contributed by atoms with Crippen LogP contribution in [0.15, 0.2) is 18.6 Å². The van der Waals surface area contributed by atoms with Gasteiger partial charge in [0.2, 0.25) is 12.4 Å². The van der Waals surface area contributed by atoms with Gasteiger partial charge in [-0.05, 0) is 18.8 Å². The Kier molecular flexibility index (Phi) is 4.87. The first-order valence-electron chi connectivity index (χ1n) is 7.46. The van der Waals surface area contributed by atoms with E-state index in [1.165, 1.54) is 13.3 Å². The molecule has 2 aromatic heterocycles. The minimum atomic E-state index is -0.547. The van der Waals surface area contributed by atoms with E-state index >= 15 is 0 Å². The highest BCUT2D eigenvalue weighted by Crippen LogP contribution is 2.49. The van der Waals surface area contributed by atoms with Gasteiger partial charge in [-0.15, -0.1) is 0 Å². The number of amides is 1. The molecular weight excluding hydrogens is 369 g/mol. The van der Waals surface area contributed by atoms with Crippen molar-refractivity contribution in [3.8, 4) is 11.5 Å². The van der Waals surface area contributed by atoms with E-state index in [-0.39, 0.29) is 27.3 Å². The molecule has 0 saturated heterocycles. The average Bonchev–Trinajstić information content (AvgIpc) is 3.41. The minimum absolute atomic E-state index is 0.0192. The van der Waals surface area contributed by atoms with Crippen molar-refractivity contribution < 1.29 is 19.0 Å². The summed E-state index contributed by atoms with van der Waals surface area (Å²) in [5.74, 6) is 0.678. The molecule has 2 aromatic rings. The lowest BCUT2D eigenvalue weighted by molar-refractivity contribution is -0.605. The van der Waals surface area contributed by atoms with Crippen LogP contribution < -0.4 is 19.5 Å². The summed E-state index contributed by atoms with van der Waals surface area (Å²) in [6.45, 7) is 0. The average molecular weight is 384 g/mol. The van der Waals surface area contributed by atoms with E-state index in [0.717, 1.165) is 30.8 Å². The van der Waals surface area contributed by atoms with Gasteiger partial charge < -0.3 is 20.0 Å². The fourth-order valence-electron chi connectivity index (χ4n) is 2.58. The number of methoxy groups -OCH3 is 2. The van der Waals surface area contributed by atoms with Crippen LogP contribution in [0.25, 0.3) is 0 Å². The number of carbonyl (C=O) groups excluding carboxylic acids is 1. The van der Waals surface area contributed by atoms with Gasteiger partial charge in [0.1, 0.15) is 15.8 Å². The maximum absolute atomic E-state index is 12.7. The Morgan fingerprint density at radius 3 is 2.44 bits per heavy atom. The first kappa shape index (κ1) is 17.6. The number of ether oxygens (including phenoxy) is 2. The van der Waals surface area contributed by atoms with Crippen LogP contribution in [0.2, 0.25) is 10.0 Å². The van der Waals surface area contributed by atoms with Gasteiger partial charge in [-0.1, -0.05) is 23.2 Å². The summed E-state index contributed by atoms with van der Waals surface area (Å²) in [5.41, 5.74) is 1.05. The zero-order valence-electron chi connectivity index (χ0n) is 13.5. The number of hydrogen-bond donors (Lipinski definition) is 1. The lowest BCUT2D eigenvalue weighted by atomic mass is 10.1. The Balaban J connectivity index is 1.99. The molecule has 1 aliphatic carbocycles. The molecule has 1 N–H and O–H groups in total. The van der Waals surface area contributed by atoms with Gasteiger partial charge >= 0.3 is 0 Å². The molecule has 1 aliphatic rings. The summed E-state index contributed by atoms with van der Waals surface area (Å²) in [6.07, 6.45) is 5.68. The van der Waals surface area contributed by atoms with E-state index in [4.69, 9.17) is 32.7 Å². The Hall–Kier alpha value is -2.25. The van der Waals surface area contributed by atoms with Gasteiger partial charge in [-0.25, -0.2) is 4.98 Å². The number of pyridine rings is 2. The maximum atomic E-state index is 12.7. The minimum Gasteiger partial charge on any atom is -0.619 e. The second-order valence-electron chi connectivity index (χ2n) is 5.54. The SMILES string of the molecule is COc1cnc(C(=O)Nc2c(Cl)c[n+]([O-])cc2Cl)c(OC)c1C1CC1. The van der Waals surface area contributed by atoms with Crippen LogP contribution in [0.1, 0.15) is 34.8 Å². The largest absolute Gasteiger partial charge is 0.619 e. The van der Waals surface area contributed by atoms with Gasteiger partial charge in [0.15, 0.2) is 11.4 Å². The molecule has 0 radical (unpaired) electrons. The molecule has 0 unspecified atom stereocenters. The summed E-state index contributed by atoms with van der Waals surface area (Å²) in [4.78, 5) is 16.8. The van der Waals surface area contributed by atoms with Crippen molar-refractivity contribution in [1.82, 2.24) is 4.98 Å². The highest BCUT2D eigenvalue weighted by molar-refractivity contribution is 6.39. The van der Waals surface area contributed by atoms with Crippen molar-refractivity contribution in [3.63, 3.8) is 0 Å². The molecule has 132 valence electrons. The lowest BCUT2D eigenvalue weighted by Gasteiger charge is -2.16. The standard InChI is InChI=1S/C16H15Cl2N3O4/c1-24-11-5-19-14(15(25-2)12(11)8-3-4-8)16(22)20-13-9(17)6-21(23)7-10(13)18/h5-8H,3-4H2,1-2H3,(H,20,22). The van der Waals surface area contributed by atoms with Crippen LogP contribution in [0.4, 0.5) is 5.69 Å². The highest BCUT2D eigenvalue weighted by atomic mass is 35.5. The van der Waals surface area contributed by atoms with E-state index in [1.807, 2.05) is 0 Å². The normalized spacial score (nSPS) is 13.4. The van der Waals surface area contributed by atoms with Crippen LogP contribution in [0.3, 0.4) is 0 Å². The van der Waals surface area contributed by atoms with E-state index in [2.05, 4.69) is 10.3 Å². The zero-order chi connectivity index (χ0) is 18.1. The highest BCUT2D eigenvalue weighted by Gasteiger charge is 2.33. The molecule has 25 heavy (non-hydrogen) atoms. The number of hydrogen-bond acceptors (Lipinski definition) is 5. The number of carbonyl (C=O) groups is 1. The molecule has 2 heterocycles.